The summed E-state index contributed by atoms with van der Waals surface area (Å²) in [4.78, 5) is 13.9. The number of likely N-dealkylation sites (tertiary alicyclic amines) is 1. The lowest BCUT2D eigenvalue weighted by Crippen LogP contribution is -2.42. The topological polar surface area (TPSA) is 40.5 Å². The largest absolute Gasteiger partial charge is 0.391 e. The van der Waals surface area contributed by atoms with Gasteiger partial charge < -0.3 is 10.0 Å². The van der Waals surface area contributed by atoms with Gasteiger partial charge in [-0.05, 0) is 38.7 Å². The molecule has 1 aliphatic rings. The molecule has 3 heteroatoms. The highest BCUT2D eigenvalue weighted by Gasteiger charge is 2.21. The van der Waals surface area contributed by atoms with Crippen LogP contribution in [0.3, 0.4) is 0 Å². The molecule has 1 atom stereocenters. The molecular weight excluding hydrogens is 238 g/mol. The number of nitrogens with zero attached hydrogens (tertiary/aromatic N) is 1. The third-order valence-electron chi connectivity index (χ3n) is 3.66. The fourth-order valence-corrected chi connectivity index (χ4v) is 2.80. The van der Waals surface area contributed by atoms with E-state index >= 15 is 0 Å². The Balaban J connectivity index is 1.89. The summed E-state index contributed by atoms with van der Waals surface area (Å²) in [6, 6.07) is 6.43. The molecule has 1 heterocycles. The van der Waals surface area contributed by atoms with Gasteiger partial charge in [-0.3, -0.25) is 4.79 Å². The Labute approximate surface area is 115 Å². The summed E-state index contributed by atoms with van der Waals surface area (Å²) >= 11 is 0. The maximum absolute atomic E-state index is 12.1. The normalized spacial score (nSPS) is 19.5. The number of hydrogen-bond donors (Lipinski definition) is 1. The van der Waals surface area contributed by atoms with Gasteiger partial charge in [0.15, 0.2) is 0 Å². The zero-order valence-electron chi connectivity index (χ0n) is 11.9. The molecule has 1 unspecified atom stereocenters. The average molecular weight is 261 g/mol. The van der Waals surface area contributed by atoms with Gasteiger partial charge in [0, 0.05) is 19.5 Å². The Bertz CT molecular complexity index is 436. The van der Waals surface area contributed by atoms with Gasteiger partial charge in [-0.2, -0.15) is 0 Å². The molecular formula is C16H23NO2. The van der Waals surface area contributed by atoms with E-state index in [-0.39, 0.29) is 12.0 Å². The summed E-state index contributed by atoms with van der Waals surface area (Å²) < 4.78 is 0. The highest BCUT2D eigenvalue weighted by atomic mass is 16.3. The zero-order valence-corrected chi connectivity index (χ0v) is 11.9. The van der Waals surface area contributed by atoms with E-state index in [1.54, 1.807) is 4.90 Å². The van der Waals surface area contributed by atoms with Crippen LogP contribution in [0.2, 0.25) is 0 Å². The highest BCUT2D eigenvalue weighted by molar-refractivity contribution is 5.76. The van der Waals surface area contributed by atoms with Gasteiger partial charge in [0.1, 0.15) is 0 Å². The third kappa shape index (κ3) is 4.06. The minimum Gasteiger partial charge on any atom is -0.391 e. The van der Waals surface area contributed by atoms with Crippen LogP contribution in [0, 0.1) is 13.8 Å². The first-order valence-corrected chi connectivity index (χ1v) is 7.07. The van der Waals surface area contributed by atoms with Crippen molar-refractivity contribution in [3.05, 3.63) is 34.9 Å². The van der Waals surface area contributed by atoms with Gasteiger partial charge in [-0.25, -0.2) is 0 Å². The number of benzene rings is 1. The van der Waals surface area contributed by atoms with Crippen LogP contribution in [0.5, 0.6) is 0 Å². The van der Waals surface area contributed by atoms with E-state index in [0.717, 1.165) is 25.8 Å². The van der Waals surface area contributed by atoms with Crippen molar-refractivity contribution in [2.75, 3.05) is 13.1 Å². The van der Waals surface area contributed by atoms with Crippen molar-refractivity contribution < 1.29 is 9.90 Å². The first kappa shape index (κ1) is 14.1. The van der Waals surface area contributed by atoms with Gasteiger partial charge in [-0.1, -0.05) is 29.3 Å². The van der Waals surface area contributed by atoms with E-state index in [1.165, 1.54) is 16.7 Å². The van der Waals surface area contributed by atoms with E-state index in [0.29, 0.717) is 13.0 Å². The number of carbonyl (C=O) groups excluding carboxylic acids is 1. The Morgan fingerprint density at radius 3 is 2.63 bits per heavy atom. The molecule has 1 N–H and O–H groups in total. The molecule has 1 amide bonds. The number of carbonyl (C=O) groups is 1. The van der Waals surface area contributed by atoms with Crippen LogP contribution in [0.15, 0.2) is 18.2 Å². The number of β-amino-alcohol motifs (C(OH)–C–C–N with tert-alkyl or cyclic N) is 1. The Morgan fingerprint density at radius 1 is 1.32 bits per heavy atom. The molecule has 3 nitrogen and oxygen atoms in total. The fourth-order valence-electron chi connectivity index (χ4n) is 2.80. The molecule has 1 fully saturated rings. The lowest BCUT2D eigenvalue weighted by molar-refractivity contribution is -0.134. The summed E-state index contributed by atoms with van der Waals surface area (Å²) in [5, 5.41) is 9.59. The van der Waals surface area contributed by atoms with Crippen LogP contribution in [0.4, 0.5) is 0 Å². The second-order valence-electron chi connectivity index (χ2n) is 5.63. The smallest absolute Gasteiger partial charge is 0.222 e. The highest BCUT2D eigenvalue weighted by Crippen LogP contribution is 2.14. The monoisotopic (exact) mass is 261 g/mol. The molecule has 2 rings (SSSR count). The van der Waals surface area contributed by atoms with Crippen LogP contribution >= 0.6 is 0 Å². The van der Waals surface area contributed by atoms with Crippen molar-refractivity contribution in [1.82, 2.24) is 4.90 Å². The number of aliphatic hydroxyl groups excluding tert-OH is 1. The van der Waals surface area contributed by atoms with Crippen molar-refractivity contribution in [2.24, 2.45) is 0 Å². The predicted molar refractivity (Wildman–Crippen MR) is 76.1 cm³/mol. The molecule has 1 aromatic carbocycles. The van der Waals surface area contributed by atoms with E-state index in [1.807, 2.05) is 0 Å². The molecule has 0 bridgehead atoms. The molecule has 104 valence electrons. The lowest BCUT2D eigenvalue weighted by atomic mass is 10.0. The van der Waals surface area contributed by atoms with Crippen LogP contribution in [-0.2, 0) is 11.2 Å². The molecule has 0 aliphatic carbocycles. The standard InChI is InChI=1S/C16H23NO2/c1-12-8-13(2)10-14(9-12)5-6-16(19)17-7-3-4-15(18)11-17/h8-10,15,18H,3-7,11H2,1-2H3. The number of aliphatic hydroxyl groups is 1. The zero-order chi connectivity index (χ0) is 13.8. The van der Waals surface area contributed by atoms with Crippen LogP contribution in [0.1, 0.15) is 36.0 Å². The Morgan fingerprint density at radius 2 is 2.00 bits per heavy atom. The predicted octanol–water partition coefficient (Wildman–Crippen LogP) is 2.22. The van der Waals surface area contributed by atoms with E-state index in [9.17, 15) is 9.90 Å². The molecule has 0 spiro atoms. The number of amides is 1. The number of hydrogen-bond acceptors (Lipinski definition) is 2. The van der Waals surface area contributed by atoms with Crippen molar-refractivity contribution >= 4 is 5.91 Å². The molecule has 0 aromatic heterocycles. The molecule has 0 saturated carbocycles. The number of aryl methyl sites for hydroxylation is 3. The van der Waals surface area contributed by atoms with Gasteiger partial charge in [0.25, 0.3) is 0 Å². The van der Waals surface area contributed by atoms with E-state index < -0.39 is 0 Å². The van der Waals surface area contributed by atoms with Crippen molar-refractivity contribution in [2.45, 2.75) is 45.6 Å². The van der Waals surface area contributed by atoms with E-state index in [2.05, 4.69) is 32.0 Å². The molecule has 0 radical (unpaired) electrons. The Hall–Kier alpha value is -1.35. The quantitative estimate of drug-likeness (QED) is 0.906. The summed E-state index contributed by atoms with van der Waals surface area (Å²) in [5.74, 6) is 0.165. The summed E-state index contributed by atoms with van der Waals surface area (Å²) in [6.07, 6.45) is 2.72. The average Bonchev–Trinajstić information content (AvgIpc) is 2.35. The Kier molecular flexibility index (Phi) is 4.59. The first-order valence-electron chi connectivity index (χ1n) is 7.07. The first-order chi connectivity index (χ1) is 9.04. The van der Waals surface area contributed by atoms with Crippen LogP contribution in [-0.4, -0.2) is 35.1 Å². The van der Waals surface area contributed by atoms with Crippen LogP contribution < -0.4 is 0 Å². The summed E-state index contributed by atoms with van der Waals surface area (Å²) in [5.41, 5.74) is 3.72. The molecule has 1 saturated heterocycles. The SMILES string of the molecule is Cc1cc(C)cc(CCC(=O)N2CCCC(O)C2)c1. The second-order valence-corrected chi connectivity index (χ2v) is 5.63. The van der Waals surface area contributed by atoms with Crippen LogP contribution in [0.25, 0.3) is 0 Å². The van der Waals surface area contributed by atoms with Gasteiger partial charge >= 0.3 is 0 Å². The minimum atomic E-state index is -0.334. The van der Waals surface area contributed by atoms with Gasteiger partial charge in [0.2, 0.25) is 5.91 Å². The molecule has 1 aliphatic heterocycles. The molecule has 19 heavy (non-hydrogen) atoms. The van der Waals surface area contributed by atoms with Gasteiger partial charge in [-0.15, -0.1) is 0 Å². The third-order valence-corrected chi connectivity index (χ3v) is 3.66. The second kappa shape index (κ2) is 6.20. The van der Waals surface area contributed by atoms with Crippen molar-refractivity contribution in [3.8, 4) is 0 Å². The fraction of sp³-hybridized carbons (Fsp3) is 0.562. The minimum absolute atomic E-state index is 0.165. The van der Waals surface area contributed by atoms with Crippen molar-refractivity contribution in [1.29, 1.82) is 0 Å². The molecule has 1 aromatic rings. The summed E-state index contributed by atoms with van der Waals surface area (Å²) in [6.45, 7) is 5.47. The lowest BCUT2D eigenvalue weighted by Gasteiger charge is -2.30. The number of rotatable bonds is 3. The van der Waals surface area contributed by atoms with Crippen molar-refractivity contribution in [3.63, 3.8) is 0 Å². The van der Waals surface area contributed by atoms with Gasteiger partial charge in [0.05, 0.1) is 6.10 Å². The maximum atomic E-state index is 12.1. The number of piperidine rings is 1. The maximum Gasteiger partial charge on any atom is 0.222 e. The summed E-state index contributed by atoms with van der Waals surface area (Å²) in [7, 11) is 0. The van der Waals surface area contributed by atoms with E-state index in [4.69, 9.17) is 0 Å².